The summed E-state index contributed by atoms with van der Waals surface area (Å²) in [4.78, 5) is 17.0. The molecule has 0 N–H and O–H groups in total. The summed E-state index contributed by atoms with van der Waals surface area (Å²) < 4.78 is 40.1. The minimum absolute atomic E-state index is 0.00126. The lowest BCUT2D eigenvalue weighted by atomic mass is 10.1. The monoisotopic (exact) mass is 412 g/mol. The van der Waals surface area contributed by atoms with Crippen LogP contribution in [0.3, 0.4) is 0 Å². The first-order chi connectivity index (χ1) is 13.5. The van der Waals surface area contributed by atoms with E-state index in [4.69, 9.17) is 0 Å². The highest BCUT2D eigenvalue weighted by Crippen LogP contribution is 2.21. The molecule has 2 unspecified atom stereocenters. The van der Waals surface area contributed by atoms with Gasteiger partial charge in [-0.2, -0.15) is 8.78 Å². The van der Waals surface area contributed by atoms with Gasteiger partial charge in [0.25, 0.3) is 11.1 Å². The summed E-state index contributed by atoms with van der Waals surface area (Å²) >= 11 is -2.67. The first kappa shape index (κ1) is 20.9. The van der Waals surface area contributed by atoms with E-state index in [1.54, 1.807) is 24.3 Å². The number of hydrogen-bond donors (Lipinski definition) is 0. The zero-order valence-corrected chi connectivity index (χ0v) is 16.6. The van der Waals surface area contributed by atoms with Crippen molar-refractivity contribution in [1.29, 1.82) is 0 Å². The highest BCUT2D eigenvalue weighted by Gasteiger charge is 2.29. The lowest BCUT2D eigenvalue weighted by Gasteiger charge is -2.32. The van der Waals surface area contributed by atoms with Gasteiger partial charge in [-0.15, -0.1) is 0 Å². The van der Waals surface area contributed by atoms with E-state index >= 15 is 0 Å². The highest BCUT2D eigenvalue weighted by atomic mass is 32.2. The van der Waals surface area contributed by atoms with Crippen LogP contribution >= 0.6 is 0 Å². The van der Waals surface area contributed by atoms with Gasteiger partial charge in [0.1, 0.15) is 5.75 Å². The van der Waals surface area contributed by atoms with E-state index in [1.165, 1.54) is 31.4 Å². The third kappa shape index (κ3) is 5.85. The van der Waals surface area contributed by atoms with Gasteiger partial charge >= 0.3 is 5.76 Å². The first-order valence-electron chi connectivity index (χ1n) is 9.71. The molecule has 2 saturated heterocycles. The van der Waals surface area contributed by atoms with Crippen LogP contribution in [0.25, 0.3) is 6.08 Å². The molecule has 0 saturated carbocycles. The van der Waals surface area contributed by atoms with Crippen molar-refractivity contribution >= 4 is 23.1 Å². The van der Waals surface area contributed by atoms with Gasteiger partial charge in [-0.25, -0.2) is 4.21 Å². The number of carbonyl (C=O) groups is 1. The van der Waals surface area contributed by atoms with Crippen LogP contribution in [0, 0.1) is 0 Å². The second-order valence-electron chi connectivity index (χ2n) is 7.20. The Balaban J connectivity index is 1.54. The van der Waals surface area contributed by atoms with Gasteiger partial charge in [0, 0.05) is 25.2 Å². The number of piperidine rings is 1. The van der Waals surface area contributed by atoms with E-state index in [0.717, 1.165) is 44.6 Å². The second kappa shape index (κ2) is 10.1. The van der Waals surface area contributed by atoms with E-state index < -0.39 is 16.8 Å². The van der Waals surface area contributed by atoms with Crippen LogP contribution in [-0.4, -0.2) is 57.9 Å². The van der Waals surface area contributed by atoms with E-state index in [-0.39, 0.29) is 17.7 Å². The molecule has 2 aliphatic rings. The van der Waals surface area contributed by atoms with Crippen molar-refractivity contribution in [3.63, 3.8) is 0 Å². The average molecular weight is 413 g/mol. The van der Waals surface area contributed by atoms with E-state index in [0.29, 0.717) is 0 Å². The molecule has 8 heteroatoms. The maximum absolute atomic E-state index is 12.6. The second-order valence-corrected chi connectivity index (χ2v) is 8.24. The van der Waals surface area contributed by atoms with Crippen molar-refractivity contribution in [2.24, 2.45) is 0 Å². The van der Waals surface area contributed by atoms with Gasteiger partial charge < -0.3 is 14.0 Å². The summed E-state index contributed by atoms with van der Waals surface area (Å²) in [6, 6.07) is 6.46. The van der Waals surface area contributed by atoms with Gasteiger partial charge in [0.05, 0.1) is 0 Å². The van der Waals surface area contributed by atoms with Gasteiger partial charge in [0.2, 0.25) is 5.91 Å². The first-order valence-corrected chi connectivity index (χ1v) is 10.8. The number of halogens is 2. The van der Waals surface area contributed by atoms with Crippen LogP contribution in [0.5, 0.6) is 5.75 Å². The quantitative estimate of drug-likeness (QED) is 0.644. The lowest BCUT2D eigenvalue weighted by molar-refractivity contribution is -0.127. The van der Waals surface area contributed by atoms with Crippen molar-refractivity contribution < 1.29 is 22.0 Å². The summed E-state index contributed by atoms with van der Waals surface area (Å²) in [7, 11) is 0. The maximum atomic E-state index is 12.6. The summed E-state index contributed by atoms with van der Waals surface area (Å²) in [6.07, 6.45) is 9.12. The molecule has 2 atom stereocenters. The molecule has 2 heterocycles. The van der Waals surface area contributed by atoms with Gasteiger partial charge in [0.15, 0.2) is 0 Å². The van der Waals surface area contributed by atoms with Crippen LogP contribution in [0.1, 0.15) is 37.7 Å². The van der Waals surface area contributed by atoms with Crippen molar-refractivity contribution in [2.75, 3.05) is 26.2 Å². The Morgan fingerprint density at radius 1 is 1.14 bits per heavy atom. The van der Waals surface area contributed by atoms with Crippen molar-refractivity contribution in [2.45, 2.75) is 43.9 Å². The maximum Gasteiger partial charge on any atom is 0.347 e. The Morgan fingerprint density at radius 2 is 1.86 bits per heavy atom. The summed E-state index contributed by atoms with van der Waals surface area (Å²) in [5, 5.41) is 0. The standard InChI is InChI=1S/C20H26F2N2O3S/c21-20(22)28(26)27-18-9-6-16(7-10-18)8-11-19(25)24-14-4-5-17(24)15-23-12-2-1-3-13-23/h6-11,17,20H,1-5,12-15H2/b11-8+. The fourth-order valence-corrected chi connectivity index (χ4v) is 4.16. The molecule has 0 bridgehead atoms. The van der Waals surface area contributed by atoms with Crippen LogP contribution < -0.4 is 4.18 Å². The molecule has 2 aliphatic heterocycles. The molecule has 1 aromatic rings. The van der Waals surface area contributed by atoms with Gasteiger partial charge in [-0.1, -0.05) is 18.6 Å². The van der Waals surface area contributed by atoms with Crippen molar-refractivity contribution in [3.05, 3.63) is 35.9 Å². The average Bonchev–Trinajstić information content (AvgIpc) is 3.16. The smallest absolute Gasteiger partial charge is 0.347 e. The third-order valence-corrected chi connectivity index (χ3v) is 5.85. The molecule has 0 aliphatic carbocycles. The summed E-state index contributed by atoms with van der Waals surface area (Å²) in [5.41, 5.74) is 0.746. The zero-order valence-electron chi connectivity index (χ0n) is 15.8. The highest BCUT2D eigenvalue weighted by molar-refractivity contribution is 7.80. The minimum Gasteiger partial charge on any atom is -0.397 e. The molecule has 1 amide bonds. The topological polar surface area (TPSA) is 49.9 Å². The molecule has 5 nitrogen and oxygen atoms in total. The Labute approximate surface area is 167 Å². The third-order valence-electron chi connectivity index (χ3n) is 5.20. The van der Waals surface area contributed by atoms with Gasteiger partial charge in [-0.05, 0) is 62.5 Å². The molecule has 0 spiro atoms. The molecule has 154 valence electrons. The van der Waals surface area contributed by atoms with Crippen LogP contribution in [0.2, 0.25) is 0 Å². The van der Waals surface area contributed by atoms with Crippen molar-refractivity contribution in [1.82, 2.24) is 9.80 Å². The predicted octanol–water partition coefficient (Wildman–Crippen LogP) is 3.44. The Hall–Kier alpha value is -1.80. The summed E-state index contributed by atoms with van der Waals surface area (Å²) in [6.45, 7) is 3.99. The van der Waals surface area contributed by atoms with E-state index in [2.05, 4.69) is 9.08 Å². The van der Waals surface area contributed by atoms with Crippen molar-refractivity contribution in [3.8, 4) is 5.75 Å². The fraction of sp³-hybridized carbons (Fsp3) is 0.550. The molecule has 3 rings (SSSR count). The number of alkyl halides is 2. The molecule has 0 radical (unpaired) electrons. The van der Waals surface area contributed by atoms with E-state index in [9.17, 15) is 17.8 Å². The SMILES string of the molecule is O=C(/C=C/c1ccc(OS(=O)C(F)F)cc1)N1CCCC1CN1CCCCC1. The minimum atomic E-state index is -3.05. The Bertz CT molecular complexity index is 706. The number of carbonyl (C=O) groups excluding carboxylic acids is 1. The molecule has 28 heavy (non-hydrogen) atoms. The van der Waals surface area contributed by atoms with Gasteiger partial charge in [-0.3, -0.25) is 4.79 Å². The number of hydrogen-bond acceptors (Lipinski definition) is 4. The number of rotatable bonds is 7. The number of nitrogens with zero attached hydrogens (tertiary/aromatic N) is 2. The normalized spacial score (nSPS) is 22.1. The number of benzene rings is 1. The fourth-order valence-electron chi connectivity index (χ4n) is 3.78. The van der Waals surface area contributed by atoms with Crippen LogP contribution in [-0.2, 0) is 15.9 Å². The van der Waals surface area contributed by atoms with Crippen LogP contribution in [0.15, 0.2) is 30.3 Å². The number of likely N-dealkylation sites (tertiary alicyclic amines) is 2. The zero-order chi connectivity index (χ0) is 19.9. The Morgan fingerprint density at radius 3 is 2.54 bits per heavy atom. The summed E-state index contributed by atoms with van der Waals surface area (Å²) in [5.74, 6) is -2.95. The molecule has 1 aromatic carbocycles. The Kier molecular flexibility index (Phi) is 7.56. The lowest BCUT2D eigenvalue weighted by Crippen LogP contribution is -2.44. The predicted molar refractivity (Wildman–Crippen MR) is 105 cm³/mol. The molecule has 0 aromatic heterocycles. The van der Waals surface area contributed by atoms with Crippen LogP contribution in [0.4, 0.5) is 8.78 Å². The molecular formula is C20H26F2N2O3S. The van der Waals surface area contributed by atoms with E-state index in [1.807, 2.05) is 4.90 Å². The molecular weight excluding hydrogens is 386 g/mol. The molecule has 2 fully saturated rings. The largest absolute Gasteiger partial charge is 0.397 e. The number of amides is 1.